The molecule has 0 aromatic heterocycles. The summed E-state index contributed by atoms with van der Waals surface area (Å²) in [7, 11) is 0. The highest BCUT2D eigenvalue weighted by atomic mass is 16.7. The molecule has 5 nitrogen and oxygen atoms in total. The molecule has 1 aliphatic rings. The lowest BCUT2D eigenvalue weighted by Crippen LogP contribution is -2.43. The van der Waals surface area contributed by atoms with Crippen LogP contribution >= 0.6 is 0 Å². The lowest BCUT2D eigenvalue weighted by Gasteiger charge is -2.35. The monoisotopic (exact) mass is 261 g/mol. The fraction of sp³-hybridized carbons (Fsp3) is 0.429. The van der Waals surface area contributed by atoms with Crippen LogP contribution in [0.1, 0.15) is 12.5 Å². The van der Waals surface area contributed by atoms with Gasteiger partial charge in [0.2, 0.25) is 16.9 Å². The first-order valence-corrected chi connectivity index (χ1v) is 6.20. The van der Waals surface area contributed by atoms with Crippen molar-refractivity contribution in [2.75, 3.05) is 13.2 Å². The predicted octanol–water partition coefficient (Wildman–Crippen LogP) is 2.86. The molecule has 0 atom stereocenters. The summed E-state index contributed by atoms with van der Waals surface area (Å²) < 4.78 is 11.1. The van der Waals surface area contributed by atoms with Crippen molar-refractivity contribution in [1.82, 2.24) is 0 Å². The summed E-state index contributed by atoms with van der Waals surface area (Å²) in [5.41, 5.74) is 1.23. The van der Waals surface area contributed by atoms with Gasteiger partial charge in [0, 0.05) is 5.92 Å². The minimum absolute atomic E-state index is 0.242. The second kappa shape index (κ2) is 5.83. The van der Waals surface area contributed by atoms with Crippen molar-refractivity contribution < 1.29 is 14.6 Å². The Morgan fingerprint density at radius 3 is 2.63 bits per heavy atom. The van der Waals surface area contributed by atoms with E-state index >= 15 is 0 Å². The molecule has 0 spiro atoms. The SMILES string of the molecule is CC1(/C(O)=C\[N+]#N)OCC(Cc2ccccc2)CO1. The molecule has 0 amide bonds. The Morgan fingerprint density at radius 1 is 1.42 bits per heavy atom. The standard InChI is InChI=1S/C14H16N2O3/c1-14(13(17)8-16-15)18-9-12(10-19-14)7-11-5-3-2-4-6-11/h2-6,8,12H,7,9-10H2,1H3/p+1/b13-8+. The van der Waals surface area contributed by atoms with E-state index in [9.17, 15) is 5.11 Å². The molecular formula is C14H17N2O3+. The fourth-order valence-corrected chi connectivity index (χ4v) is 2.03. The quantitative estimate of drug-likeness (QED) is 0.671. The lowest BCUT2D eigenvalue weighted by atomic mass is 9.99. The van der Waals surface area contributed by atoms with Crippen molar-refractivity contribution in [3.05, 3.63) is 52.8 Å². The molecule has 0 bridgehead atoms. The summed E-state index contributed by atoms with van der Waals surface area (Å²) >= 11 is 0. The molecule has 1 aromatic rings. The van der Waals surface area contributed by atoms with Gasteiger partial charge in [0.1, 0.15) is 0 Å². The van der Waals surface area contributed by atoms with E-state index in [2.05, 4.69) is 17.1 Å². The molecule has 1 fully saturated rings. The largest absolute Gasteiger partial charge is 0.502 e. The van der Waals surface area contributed by atoms with Crippen molar-refractivity contribution in [3.63, 3.8) is 0 Å². The Hall–Kier alpha value is -1.90. The highest BCUT2D eigenvalue weighted by molar-refractivity contribution is 5.15. The molecule has 5 heteroatoms. The molecule has 1 aromatic carbocycles. The lowest BCUT2D eigenvalue weighted by molar-refractivity contribution is -0.263. The smallest absolute Gasteiger partial charge is 0.393 e. The summed E-state index contributed by atoms with van der Waals surface area (Å²) in [5.74, 6) is -1.22. The summed E-state index contributed by atoms with van der Waals surface area (Å²) in [6, 6.07) is 10.1. The van der Waals surface area contributed by atoms with Gasteiger partial charge in [-0.3, -0.25) is 0 Å². The molecule has 0 saturated carbocycles. The van der Waals surface area contributed by atoms with E-state index in [1.807, 2.05) is 18.2 Å². The third-order valence-corrected chi connectivity index (χ3v) is 3.20. The van der Waals surface area contributed by atoms with Gasteiger partial charge in [0.05, 0.1) is 13.2 Å². The van der Waals surface area contributed by atoms with Gasteiger partial charge in [-0.05, 0) is 18.9 Å². The van der Waals surface area contributed by atoms with Crippen LogP contribution in [-0.4, -0.2) is 24.1 Å². The van der Waals surface area contributed by atoms with Gasteiger partial charge in [0.25, 0.3) is 0 Å². The Morgan fingerprint density at radius 2 is 2.05 bits per heavy atom. The van der Waals surface area contributed by atoms with Crippen LogP contribution in [0.4, 0.5) is 0 Å². The van der Waals surface area contributed by atoms with Crippen molar-refractivity contribution in [2.45, 2.75) is 19.1 Å². The van der Waals surface area contributed by atoms with Gasteiger partial charge in [-0.1, -0.05) is 30.3 Å². The van der Waals surface area contributed by atoms with Crippen LogP contribution in [0, 0.1) is 11.3 Å². The molecule has 1 heterocycles. The summed E-state index contributed by atoms with van der Waals surface area (Å²) in [4.78, 5) is 2.77. The zero-order valence-electron chi connectivity index (χ0n) is 10.8. The Bertz CT molecular complexity index is 485. The first kappa shape index (κ1) is 13.5. The van der Waals surface area contributed by atoms with Crippen LogP contribution in [0.3, 0.4) is 0 Å². The summed E-state index contributed by atoms with van der Waals surface area (Å²) in [5, 5.41) is 18.1. The van der Waals surface area contributed by atoms with Crippen LogP contribution < -0.4 is 0 Å². The van der Waals surface area contributed by atoms with E-state index in [1.165, 1.54) is 5.56 Å². The molecule has 2 rings (SSSR count). The molecule has 19 heavy (non-hydrogen) atoms. The number of aliphatic hydroxyl groups is 1. The van der Waals surface area contributed by atoms with E-state index in [0.717, 1.165) is 12.6 Å². The van der Waals surface area contributed by atoms with Crippen molar-refractivity contribution in [1.29, 1.82) is 5.39 Å². The number of aliphatic hydroxyl groups excluding tert-OH is 1. The van der Waals surface area contributed by atoms with Crippen LogP contribution in [-0.2, 0) is 15.9 Å². The minimum atomic E-state index is -1.22. The van der Waals surface area contributed by atoms with Crippen LogP contribution in [0.2, 0.25) is 0 Å². The molecule has 1 N–H and O–H groups in total. The minimum Gasteiger partial charge on any atom is -0.502 e. The van der Waals surface area contributed by atoms with Crippen LogP contribution in [0.15, 0.2) is 42.3 Å². The van der Waals surface area contributed by atoms with Gasteiger partial charge >= 0.3 is 6.20 Å². The highest BCUT2D eigenvalue weighted by Crippen LogP contribution is 2.28. The molecule has 0 aliphatic carbocycles. The van der Waals surface area contributed by atoms with Gasteiger partial charge in [0.15, 0.2) is 4.98 Å². The Balaban J connectivity index is 1.93. The van der Waals surface area contributed by atoms with Gasteiger partial charge in [-0.2, -0.15) is 0 Å². The number of hydrogen-bond donors (Lipinski definition) is 1. The predicted molar refractivity (Wildman–Crippen MR) is 69.7 cm³/mol. The van der Waals surface area contributed by atoms with Gasteiger partial charge in [-0.25, -0.2) is 0 Å². The number of benzene rings is 1. The maximum atomic E-state index is 9.67. The Kier molecular flexibility index (Phi) is 4.15. The third-order valence-electron chi connectivity index (χ3n) is 3.20. The second-order valence-electron chi connectivity index (χ2n) is 4.75. The van der Waals surface area contributed by atoms with Crippen LogP contribution in [0.25, 0.3) is 4.98 Å². The number of ether oxygens (including phenoxy) is 2. The first-order chi connectivity index (χ1) is 9.14. The molecule has 1 aliphatic heterocycles. The van der Waals surface area contributed by atoms with E-state index in [1.54, 1.807) is 6.92 Å². The second-order valence-corrected chi connectivity index (χ2v) is 4.75. The third kappa shape index (κ3) is 3.31. The molecule has 1 saturated heterocycles. The fourth-order valence-electron chi connectivity index (χ4n) is 2.03. The van der Waals surface area contributed by atoms with Crippen molar-refractivity contribution in [2.24, 2.45) is 5.92 Å². The average molecular weight is 261 g/mol. The maximum Gasteiger partial charge on any atom is 0.393 e. The van der Waals surface area contributed by atoms with Crippen molar-refractivity contribution in [3.8, 4) is 0 Å². The maximum absolute atomic E-state index is 9.67. The number of hydrogen-bond acceptors (Lipinski definition) is 4. The first-order valence-electron chi connectivity index (χ1n) is 6.20. The Labute approximate surface area is 112 Å². The molecular weight excluding hydrogens is 244 g/mol. The van der Waals surface area contributed by atoms with Crippen molar-refractivity contribution >= 4 is 0 Å². The number of rotatable bonds is 3. The normalized spacial score (nSPS) is 27.8. The average Bonchev–Trinajstić information content (AvgIpc) is 2.43. The number of diazo groups is 1. The van der Waals surface area contributed by atoms with E-state index in [-0.39, 0.29) is 11.7 Å². The number of nitrogens with zero attached hydrogens (tertiary/aromatic N) is 2. The van der Waals surface area contributed by atoms with Gasteiger partial charge in [-0.15, -0.1) is 0 Å². The zero-order valence-corrected chi connectivity index (χ0v) is 10.8. The summed E-state index contributed by atoms with van der Waals surface area (Å²) in [6.07, 6.45) is 1.78. The molecule has 0 unspecified atom stereocenters. The van der Waals surface area contributed by atoms with E-state index < -0.39 is 5.79 Å². The molecule has 100 valence electrons. The zero-order chi connectivity index (χ0) is 13.7. The highest BCUT2D eigenvalue weighted by Gasteiger charge is 2.39. The summed E-state index contributed by atoms with van der Waals surface area (Å²) in [6.45, 7) is 2.56. The van der Waals surface area contributed by atoms with Crippen LogP contribution in [0.5, 0.6) is 0 Å². The van der Waals surface area contributed by atoms with E-state index in [0.29, 0.717) is 13.2 Å². The van der Waals surface area contributed by atoms with Gasteiger partial charge < -0.3 is 14.6 Å². The molecule has 0 radical (unpaired) electrons. The topological polar surface area (TPSA) is 66.8 Å². The van der Waals surface area contributed by atoms with E-state index in [4.69, 9.17) is 14.9 Å².